The fourth-order valence-electron chi connectivity index (χ4n) is 4.46. The van der Waals surface area contributed by atoms with Gasteiger partial charge in [-0.2, -0.15) is 0 Å². The molecular weight excluding hydrogens is 400 g/mol. The third-order valence-electron chi connectivity index (χ3n) is 6.59. The van der Waals surface area contributed by atoms with E-state index in [4.69, 9.17) is 4.74 Å². The van der Waals surface area contributed by atoms with Gasteiger partial charge in [0, 0.05) is 43.9 Å². The molecule has 164 valence electrons. The van der Waals surface area contributed by atoms with Gasteiger partial charge >= 0.3 is 0 Å². The number of likely N-dealkylation sites (tertiary alicyclic amines) is 1. The Kier molecular flexibility index (Phi) is 6.85. The van der Waals surface area contributed by atoms with E-state index in [0.29, 0.717) is 30.0 Å². The highest BCUT2D eigenvalue weighted by atomic mass is 32.1. The third-order valence-corrected chi connectivity index (χ3v) is 7.69. The Balaban J connectivity index is 1.24. The number of carbonyl (C=O) groups excluding carboxylic acids is 1. The van der Waals surface area contributed by atoms with Crippen LogP contribution in [0.5, 0.6) is 0 Å². The summed E-state index contributed by atoms with van der Waals surface area (Å²) in [5, 5.41) is 0.687. The van der Waals surface area contributed by atoms with Crippen LogP contribution in [0.25, 0.3) is 10.2 Å². The summed E-state index contributed by atoms with van der Waals surface area (Å²) in [6.07, 6.45) is 4.27. The largest absolute Gasteiger partial charge is 0.379 e. The zero-order valence-electron chi connectivity index (χ0n) is 18.0. The second-order valence-corrected chi connectivity index (χ2v) is 9.75. The van der Waals surface area contributed by atoms with Gasteiger partial charge in [-0.15, -0.1) is 11.3 Å². The smallest absolute Gasteiger partial charge is 0.259 e. The van der Waals surface area contributed by atoms with Crippen LogP contribution in [0.2, 0.25) is 0 Å². The predicted molar refractivity (Wildman–Crippen MR) is 119 cm³/mol. The van der Waals surface area contributed by atoms with E-state index >= 15 is 0 Å². The molecular formula is C22H32N4O3S. The van der Waals surface area contributed by atoms with Crippen molar-refractivity contribution >= 4 is 27.5 Å². The summed E-state index contributed by atoms with van der Waals surface area (Å²) in [6.45, 7) is 10.6. The first kappa shape index (κ1) is 21.5. The number of H-pyrrole nitrogens is 1. The maximum Gasteiger partial charge on any atom is 0.259 e. The minimum absolute atomic E-state index is 0.0922. The second kappa shape index (κ2) is 9.58. The third kappa shape index (κ3) is 4.92. The molecule has 2 aromatic rings. The quantitative estimate of drug-likeness (QED) is 0.759. The Bertz CT molecular complexity index is 940. The number of amides is 1. The van der Waals surface area contributed by atoms with Crippen molar-refractivity contribution in [3.05, 3.63) is 26.6 Å². The van der Waals surface area contributed by atoms with Crippen LogP contribution in [0.1, 0.15) is 41.9 Å². The van der Waals surface area contributed by atoms with Gasteiger partial charge in [0.2, 0.25) is 5.91 Å². The summed E-state index contributed by atoms with van der Waals surface area (Å²) in [5.74, 6) is 1.49. The van der Waals surface area contributed by atoms with Gasteiger partial charge in [-0.25, -0.2) is 4.98 Å². The lowest BCUT2D eigenvalue weighted by Crippen LogP contribution is -2.41. The highest BCUT2D eigenvalue weighted by Gasteiger charge is 2.23. The first-order valence-corrected chi connectivity index (χ1v) is 11.9. The van der Waals surface area contributed by atoms with Crippen LogP contribution in [0.3, 0.4) is 0 Å². The summed E-state index contributed by atoms with van der Waals surface area (Å²) in [4.78, 5) is 38.9. The molecule has 0 bridgehead atoms. The number of fused-ring (bicyclic) bond motifs is 1. The number of hydrogen-bond acceptors (Lipinski definition) is 6. The normalized spacial score (nSPS) is 18.9. The number of rotatable bonds is 6. The van der Waals surface area contributed by atoms with Crippen LogP contribution in [-0.2, 0) is 16.0 Å². The Labute approximate surface area is 181 Å². The molecule has 0 saturated carbocycles. The molecule has 0 unspecified atom stereocenters. The van der Waals surface area contributed by atoms with Crippen molar-refractivity contribution in [2.45, 2.75) is 46.0 Å². The summed E-state index contributed by atoms with van der Waals surface area (Å²) in [5.41, 5.74) is 0.910. The van der Waals surface area contributed by atoms with Crippen LogP contribution in [0.15, 0.2) is 4.79 Å². The van der Waals surface area contributed by atoms with E-state index in [1.165, 1.54) is 6.42 Å². The van der Waals surface area contributed by atoms with Crippen LogP contribution in [0, 0.1) is 19.8 Å². The topological polar surface area (TPSA) is 78.5 Å². The molecule has 2 fully saturated rings. The maximum absolute atomic E-state index is 12.7. The molecule has 4 heterocycles. The van der Waals surface area contributed by atoms with E-state index in [2.05, 4.69) is 14.9 Å². The number of carbonyl (C=O) groups is 1. The molecule has 2 aliphatic rings. The highest BCUT2D eigenvalue weighted by molar-refractivity contribution is 7.18. The summed E-state index contributed by atoms with van der Waals surface area (Å²) >= 11 is 1.55. The van der Waals surface area contributed by atoms with Crippen molar-refractivity contribution < 1.29 is 9.53 Å². The average molecular weight is 433 g/mol. The van der Waals surface area contributed by atoms with Gasteiger partial charge in [0.25, 0.3) is 5.56 Å². The summed E-state index contributed by atoms with van der Waals surface area (Å²) < 4.78 is 5.41. The van der Waals surface area contributed by atoms with Crippen molar-refractivity contribution in [1.29, 1.82) is 0 Å². The van der Waals surface area contributed by atoms with Crippen molar-refractivity contribution in [2.75, 3.05) is 45.9 Å². The Hall–Kier alpha value is -1.77. The number of ether oxygens (including phenoxy) is 1. The highest BCUT2D eigenvalue weighted by Crippen LogP contribution is 2.26. The lowest BCUT2D eigenvalue weighted by Gasteiger charge is -2.34. The van der Waals surface area contributed by atoms with Crippen molar-refractivity contribution in [1.82, 2.24) is 19.8 Å². The van der Waals surface area contributed by atoms with Gasteiger partial charge in [-0.3, -0.25) is 14.5 Å². The zero-order chi connectivity index (χ0) is 21.1. The molecule has 2 saturated heterocycles. The summed E-state index contributed by atoms with van der Waals surface area (Å²) in [7, 11) is 0. The summed E-state index contributed by atoms with van der Waals surface area (Å²) in [6, 6.07) is 0. The SMILES string of the molecule is Cc1sc2nc(CCC(=O)N3CCC(CCN4CCOCC4)CC3)[nH]c(=O)c2c1C. The molecule has 4 rings (SSSR count). The number of aromatic nitrogens is 2. The van der Waals surface area contributed by atoms with Crippen LogP contribution >= 0.6 is 11.3 Å². The van der Waals surface area contributed by atoms with E-state index in [0.717, 1.165) is 74.1 Å². The Morgan fingerprint density at radius 2 is 1.93 bits per heavy atom. The lowest BCUT2D eigenvalue weighted by molar-refractivity contribution is -0.132. The molecule has 7 nitrogen and oxygen atoms in total. The van der Waals surface area contributed by atoms with Gasteiger partial charge in [-0.1, -0.05) is 0 Å². The molecule has 0 atom stereocenters. The molecule has 0 aliphatic carbocycles. The minimum atomic E-state index is -0.0922. The van der Waals surface area contributed by atoms with Crippen LogP contribution < -0.4 is 5.56 Å². The van der Waals surface area contributed by atoms with Crippen LogP contribution in [0.4, 0.5) is 0 Å². The predicted octanol–water partition coefficient (Wildman–Crippen LogP) is 2.49. The monoisotopic (exact) mass is 432 g/mol. The molecule has 2 aromatic heterocycles. The van der Waals surface area contributed by atoms with Crippen molar-refractivity contribution in [3.63, 3.8) is 0 Å². The van der Waals surface area contributed by atoms with Crippen molar-refractivity contribution in [2.24, 2.45) is 5.92 Å². The van der Waals surface area contributed by atoms with E-state index < -0.39 is 0 Å². The maximum atomic E-state index is 12.7. The zero-order valence-corrected chi connectivity index (χ0v) is 18.9. The number of thiophene rings is 1. The average Bonchev–Trinajstić information content (AvgIpc) is 3.05. The number of aryl methyl sites for hydroxylation is 3. The standard InChI is InChI=1S/C22H32N4O3S/c1-15-16(2)30-22-20(15)21(28)23-18(24-22)3-4-19(27)26-9-6-17(7-10-26)5-8-25-11-13-29-14-12-25/h17H,3-14H2,1-2H3,(H,23,24,28). The number of aromatic amines is 1. The van der Waals surface area contributed by atoms with Crippen molar-refractivity contribution in [3.8, 4) is 0 Å². The number of nitrogens with zero attached hydrogens (tertiary/aromatic N) is 3. The lowest BCUT2D eigenvalue weighted by atomic mass is 9.93. The first-order chi connectivity index (χ1) is 14.5. The van der Waals surface area contributed by atoms with Gasteiger partial charge < -0.3 is 14.6 Å². The Morgan fingerprint density at radius 1 is 1.20 bits per heavy atom. The Morgan fingerprint density at radius 3 is 2.67 bits per heavy atom. The molecule has 0 aromatic carbocycles. The fraction of sp³-hybridized carbons (Fsp3) is 0.682. The first-order valence-electron chi connectivity index (χ1n) is 11.1. The molecule has 1 amide bonds. The second-order valence-electron chi connectivity index (χ2n) is 8.54. The number of nitrogens with one attached hydrogen (secondary N) is 1. The number of morpholine rings is 1. The molecule has 30 heavy (non-hydrogen) atoms. The van der Waals surface area contributed by atoms with Gasteiger partial charge in [0.05, 0.1) is 18.6 Å². The van der Waals surface area contributed by atoms with Gasteiger partial charge in [0.15, 0.2) is 0 Å². The van der Waals surface area contributed by atoms with E-state index in [-0.39, 0.29) is 11.5 Å². The van der Waals surface area contributed by atoms with Gasteiger partial charge in [-0.05, 0) is 51.1 Å². The van der Waals surface area contributed by atoms with Gasteiger partial charge in [0.1, 0.15) is 10.7 Å². The molecule has 1 N–H and O–H groups in total. The molecule has 0 radical (unpaired) electrons. The number of hydrogen-bond donors (Lipinski definition) is 1. The molecule has 0 spiro atoms. The van der Waals surface area contributed by atoms with E-state index in [1.807, 2.05) is 18.7 Å². The van der Waals surface area contributed by atoms with E-state index in [1.54, 1.807) is 11.3 Å². The van der Waals surface area contributed by atoms with Crippen LogP contribution in [-0.4, -0.2) is 71.6 Å². The minimum Gasteiger partial charge on any atom is -0.379 e. The molecule has 8 heteroatoms. The number of piperidine rings is 1. The fourth-order valence-corrected chi connectivity index (χ4v) is 5.51. The molecule has 2 aliphatic heterocycles. The van der Waals surface area contributed by atoms with E-state index in [9.17, 15) is 9.59 Å².